The van der Waals surface area contributed by atoms with Gasteiger partial charge in [0.15, 0.2) is 0 Å². The van der Waals surface area contributed by atoms with E-state index in [4.69, 9.17) is 0 Å². The van der Waals surface area contributed by atoms with E-state index in [0.717, 1.165) is 11.3 Å². The fourth-order valence-electron chi connectivity index (χ4n) is 4.78. The molecule has 24 heavy (non-hydrogen) atoms. The van der Waals surface area contributed by atoms with E-state index in [1.807, 2.05) is 0 Å². The van der Waals surface area contributed by atoms with Gasteiger partial charge < -0.3 is 4.57 Å². The van der Waals surface area contributed by atoms with Crippen molar-refractivity contribution in [1.82, 2.24) is 4.57 Å². The van der Waals surface area contributed by atoms with E-state index in [1.165, 1.54) is 69.9 Å². The number of rotatable bonds is 4. The summed E-state index contributed by atoms with van der Waals surface area (Å²) in [6.07, 6.45) is 17.0. The number of benzene rings is 1. The zero-order chi connectivity index (χ0) is 16.2. The Morgan fingerprint density at radius 3 is 1.83 bits per heavy atom. The van der Waals surface area contributed by atoms with Crippen LogP contribution in [-0.4, -0.2) is 15.9 Å². The SMILES string of the molecule is c1ccc(-n2cccc2P(C2CCCCC2)C2CCCCC2)cc1. The maximum absolute atomic E-state index is 2.51. The fraction of sp³-hybridized carbons (Fsp3) is 0.545. The third-order valence-corrected chi connectivity index (χ3v) is 9.46. The van der Waals surface area contributed by atoms with Crippen molar-refractivity contribution in [1.29, 1.82) is 0 Å². The lowest BCUT2D eigenvalue weighted by Gasteiger charge is -2.39. The molecule has 4 rings (SSSR count). The number of aromatic nitrogens is 1. The zero-order valence-corrected chi connectivity index (χ0v) is 15.6. The lowest BCUT2D eigenvalue weighted by molar-refractivity contribution is 0.486. The van der Waals surface area contributed by atoms with E-state index < -0.39 is 0 Å². The molecule has 0 aliphatic heterocycles. The first-order valence-corrected chi connectivity index (χ1v) is 11.4. The first-order valence-electron chi connectivity index (χ1n) is 9.94. The molecule has 0 amide bonds. The lowest BCUT2D eigenvalue weighted by atomic mass is 9.99. The highest BCUT2D eigenvalue weighted by Crippen LogP contribution is 2.55. The standard InChI is InChI=1S/C22H30NP/c1-4-11-19(12-5-1)23-18-10-17-22(23)24(20-13-6-2-7-14-20)21-15-8-3-9-16-21/h1,4-5,10-12,17-18,20-21H,2-3,6-9,13-16H2. The Balaban J connectivity index is 1.69. The van der Waals surface area contributed by atoms with Gasteiger partial charge in [-0.25, -0.2) is 0 Å². The van der Waals surface area contributed by atoms with Crippen molar-refractivity contribution in [2.45, 2.75) is 75.5 Å². The Bertz CT molecular complexity index is 602. The highest BCUT2D eigenvalue weighted by molar-refractivity contribution is 7.66. The molecular formula is C22H30NP. The molecule has 2 aromatic rings. The Labute approximate surface area is 148 Å². The van der Waals surface area contributed by atoms with Crippen molar-refractivity contribution in [2.24, 2.45) is 0 Å². The van der Waals surface area contributed by atoms with Gasteiger partial charge in [0.05, 0.1) is 0 Å². The fourth-order valence-corrected chi connectivity index (χ4v) is 8.66. The van der Waals surface area contributed by atoms with Crippen LogP contribution < -0.4 is 5.44 Å². The van der Waals surface area contributed by atoms with Crippen LogP contribution >= 0.6 is 7.92 Å². The third kappa shape index (κ3) is 3.47. The summed E-state index contributed by atoms with van der Waals surface area (Å²) in [5, 5.41) is 0. The summed E-state index contributed by atoms with van der Waals surface area (Å²) >= 11 is 0. The van der Waals surface area contributed by atoms with Gasteiger partial charge in [-0.1, -0.05) is 64.6 Å². The van der Waals surface area contributed by atoms with E-state index in [1.54, 1.807) is 5.44 Å². The Hall–Kier alpha value is -1.07. The van der Waals surface area contributed by atoms with Gasteiger partial charge >= 0.3 is 0 Å². The Kier molecular flexibility index (Phi) is 5.38. The second kappa shape index (κ2) is 7.87. The molecule has 0 radical (unpaired) electrons. The molecule has 2 aliphatic rings. The third-order valence-electron chi connectivity index (χ3n) is 5.96. The van der Waals surface area contributed by atoms with E-state index in [-0.39, 0.29) is 7.92 Å². The van der Waals surface area contributed by atoms with Crippen LogP contribution in [0.2, 0.25) is 0 Å². The summed E-state index contributed by atoms with van der Waals surface area (Å²) in [5.41, 5.74) is 4.93. The van der Waals surface area contributed by atoms with Crippen LogP contribution in [0.25, 0.3) is 5.69 Å². The van der Waals surface area contributed by atoms with E-state index in [0.29, 0.717) is 0 Å². The van der Waals surface area contributed by atoms with Crippen molar-refractivity contribution in [3.63, 3.8) is 0 Å². The van der Waals surface area contributed by atoms with Gasteiger partial charge in [0.1, 0.15) is 0 Å². The molecule has 0 bridgehead atoms. The van der Waals surface area contributed by atoms with Gasteiger partial charge in [-0.2, -0.15) is 0 Å². The van der Waals surface area contributed by atoms with Gasteiger partial charge in [0, 0.05) is 17.3 Å². The van der Waals surface area contributed by atoms with E-state index >= 15 is 0 Å². The monoisotopic (exact) mass is 339 g/mol. The van der Waals surface area contributed by atoms with E-state index in [2.05, 4.69) is 53.2 Å². The molecule has 0 spiro atoms. The van der Waals surface area contributed by atoms with Crippen molar-refractivity contribution in [3.8, 4) is 5.69 Å². The van der Waals surface area contributed by atoms with Crippen molar-refractivity contribution in [3.05, 3.63) is 48.7 Å². The highest BCUT2D eigenvalue weighted by atomic mass is 31.1. The Morgan fingerprint density at radius 2 is 1.25 bits per heavy atom. The Morgan fingerprint density at radius 1 is 0.667 bits per heavy atom. The van der Waals surface area contributed by atoms with Crippen molar-refractivity contribution in [2.75, 3.05) is 0 Å². The molecule has 1 aromatic carbocycles. The largest absolute Gasteiger partial charge is 0.317 e. The summed E-state index contributed by atoms with van der Waals surface area (Å²) in [6.45, 7) is 0. The first kappa shape index (κ1) is 16.4. The molecule has 0 saturated heterocycles. The van der Waals surface area contributed by atoms with Crippen LogP contribution in [-0.2, 0) is 0 Å². The molecule has 128 valence electrons. The molecule has 2 aliphatic carbocycles. The lowest BCUT2D eigenvalue weighted by Crippen LogP contribution is -2.29. The van der Waals surface area contributed by atoms with Crippen molar-refractivity contribution >= 4 is 13.4 Å². The molecule has 2 heteroatoms. The molecule has 2 fully saturated rings. The van der Waals surface area contributed by atoms with Crippen LogP contribution in [0.15, 0.2) is 48.7 Å². The maximum Gasteiger partial charge on any atom is 0.0464 e. The second-order valence-corrected chi connectivity index (χ2v) is 10.3. The summed E-state index contributed by atoms with van der Waals surface area (Å²) in [7, 11) is -0.0365. The van der Waals surface area contributed by atoms with Gasteiger partial charge in [0.2, 0.25) is 0 Å². The minimum absolute atomic E-state index is 0.0365. The number of hydrogen-bond acceptors (Lipinski definition) is 0. The number of para-hydroxylation sites is 1. The summed E-state index contributed by atoms with van der Waals surface area (Å²) < 4.78 is 2.51. The average molecular weight is 339 g/mol. The molecular weight excluding hydrogens is 309 g/mol. The molecule has 2 saturated carbocycles. The topological polar surface area (TPSA) is 4.93 Å². The van der Waals surface area contributed by atoms with Crippen LogP contribution in [0.3, 0.4) is 0 Å². The first-order chi connectivity index (χ1) is 11.9. The minimum atomic E-state index is -0.0365. The highest BCUT2D eigenvalue weighted by Gasteiger charge is 2.33. The van der Waals surface area contributed by atoms with Gasteiger partial charge in [-0.15, -0.1) is 0 Å². The minimum Gasteiger partial charge on any atom is -0.317 e. The quantitative estimate of drug-likeness (QED) is 0.580. The zero-order valence-electron chi connectivity index (χ0n) is 14.7. The summed E-state index contributed by atoms with van der Waals surface area (Å²) in [4.78, 5) is 0. The normalized spacial score (nSPS) is 20.5. The second-order valence-electron chi connectivity index (χ2n) is 7.56. The van der Waals surface area contributed by atoms with Crippen LogP contribution in [0.1, 0.15) is 64.2 Å². The van der Waals surface area contributed by atoms with Gasteiger partial charge in [-0.3, -0.25) is 0 Å². The maximum atomic E-state index is 2.51. The molecule has 0 N–H and O–H groups in total. The predicted molar refractivity (Wildman–Crippen MR) is 106 cm³/mol. The number of nitrogens with zero attached hydrogens (tertiary/aromatic N) is 1. The summed E-state index contributed by atoms with van der Waals surface area (Å²) in [6, 6.07) is 15.7. The van der Waals surface area contributed by atoms with Crippen molar-refractivity contribution < 1.29 is 0 Å². The number of hydrogen-bond donors (Lipinski definition) is 0. The van der Waals surface area contributed by atoms with Crippen LogP contribution in [0.4, 0.5) is 0 Å². The van der Waals surface area contributed by atoms with Gasteiger partial charge in [0.25, 0.3) is 0 Å². The molecule has 0 atom stereocenters. The van der Waals surface area contributed by atoms with Gasteiger partial charge in [-0.05, 0) is 61.3 Å². The van der Waals surface area contributed by atoms with E-state index in [9.17, 15) is 0 Å². The molecule has 1 heterocycles. The summed E-state index contributed by atoms with van der Waals surface area (Å²) in [5.74, 6) is 0. The molecule has 1 aromatic heterocycles. The van der Waals surface area contributed by atoms with Crippen LogP contribution in [0, 0.1) is 0 Å². The molecule has 0 unspecified atom stereocenters. The average Bonchev–Trinajstić information content (AvgIpc) is 3.14. The predicted octanol–water partition coefficient (Wildman–Crippen LogP) is 6.25. The molecule has 1 nitrogen and oxygen atoms in total. The van der Waals surface area contributed by atoms with Crippen LogP contribution in [0.5, 0.6) is 0 Å². The smallest absolute Gasteiger partial charge is 0.0464 e.